The fourth-order valence-corrected chi connectivity index (χ4v) is 4.46. The van der Waals surface area contributed by atoms with Crippen molar-refractivity contribution in [3.8, 4) is 5.69 Å². The lowest BCUT2D eigenvalue weighted by Crippen LogP contribution is -2.12. The molecule has 0 spiro atoms. The molecule has 0 saturated carbocycles. The van der Waals surface area contributed by atoms with Crippen LogP contribution in [0.1, 0.15) is 22.3 Å². The quantitative estimate of drug-likeness (QED) is 0.429. The number of aromatic amines is 1. The van der Waals surface area contributed by atoms with Crippen molar-refractivity contribution in [3.63, 3.8) is 0 Å². The highest BCUT2D eigenvalue weighted by molar-refractivity contribution is 14.1. The molecule has 0 atom stereocenters. The van der Waals surface area contributed by atoms with E-state index in [1.54, 1.807) is 6.20 Å². The highest BCUT2D eigenvalue weighted by Crippen LogP contribution is 2.31. The number of hydrogen-bond donors (Lipinski definition) is 1. The number of nitrogens with zero attached hydrogens (tertiary/aromatic N) is 1. The lowest BCUT2D eigenvalue weighted by Gasteiger charge is -2.18. The summed E-state index contributed by atoms with van der Waals surface area (Å²) in [6, 6.07) is 16.7. The van der Waals surface area contributed by atoms with Gasteiger partial charge in [0.15, 0.2) is 0 Å². The normalized spacial score (nSPS) is 11.2. The molecule has 4 heteroatoms. The fraction of sp³-hybridized carbons (Fsp3) is 0.136. The Balaban J connectivity index is 2.00. The number of aryl methyl sites for hydroxylation is 1. The summed E-state index contributed by atoms with van der Waals surface area (Å²) in [5.41, 5.74) is 6.75. The summed E-state index contributed by atoms with van der Waals surface area (Å²) in [5, 5.41) is 0.952. The van der Waals surface area contributed by atoms with E-state index in [1.165, 1.54) is 25.8 Å². The van der Waals surface area contributed by atoms with Crippen molar-refractivity contribution >= 4 is 33.5 Å². The maximum absolute atomic E-state index is 12.5. The summed E-state index contributed by atoms with van der Waals surface area (Å²) in [5.74, 6) is 0. The van der Waals surface area contributed by atoms with Crippen molar-refractivity contribution < 1.29 is 0 Å². The van der Waals surface area contributed by atoms with Gasteiger partial charge in [-0.25, -0.2) is 0 Å². The van der Waals surface area contributed by atoms with Crippen LogP contribution in [0.5, 0.6) is 0 Å². The summed E-state index contributed by atoms with van der Waals surface area (Å²) in [6.07, 6.45) is 4.53. The van der Waals surface area contributed by atoms with Gasteiger partial charge < -0.3 is 9.55 Å². The predicted molar refractivity (Wildman–Crippen MR) is 115 cm³/mol. The summed E-state index contributed by atoms with van der Waals surface area (Å²) in [6.45, 7) is 4.29. The van der Waals surface area contributed by atoms with Crippen LogP contribution in [0.25, 0.3) is 16.6 Å². The van der Waals surface area contributed by atoms with E-state index in [0.717, 1.165) is 17.5 Å². The second-order valence-corrected chi connectivity index (χ2v) is 7.68. The minimum Gasteiger partial charge on any atom is -0.327 e. The third kappa shape index (κ3) is 2.88. The molecular weight excluding hydrogens is 435 g/mol. The van der Waals surface area contributed by atoms with Crippen LogP contribution in [0.2, 0.25) is 0 Å². The maximum atomic E-state index is 12.5. The molecule has 0 aliphatic rings. The Morgan fingerprint density at radius 1 is 1.08 bits per heavy atom. The van der Waals surface area contributed by atoms with E-state index < -0.39 is 0 Å². The van der Waals surface area contributed by atoms with Crippen molar-refractivity contribution in [2.45, 2.75) is 20.3 Å². The molecule has 1 N–H and O–H groups in total. The van der Waals surface area contributed by atoms with Crippen LogP contribution in [0.15, 0.2) is 65.7 Å². The lowest BCUT2D eigenvalue weighted by molar-refractivity contribution is 1.03. The number of aromatic nitrogens is 2. The Kier molecular flexibility index (Phi) is 4.44. The molecule has 26 heavy (non-hydrogen) atoms. The molecule has 4 rings (SSSR count). The van der Waals surface area contributed by atoms with Crippen LogP contribution in [-0.4, -0.2) is 9.55 Å². The van der Waals surface area contributed by atoms with E-state index in [0.29, 0.717) is 5.52 Å². The average Bonchev–Trinajstić information content (AvgIpc) is 3.06. The van der Waals surface area contributed by atoms with E-state index in [1.807, 2.05) is 29.0 Å². The average molecular weight is 454 g/mol. The van der Waals surface area contributed by atoms with Gasteiger partial charge >= 0.3 is 0 Å². The molecular formula is C22H19IN2O. The van der Waals surface area contributed by atoms with Gasteiger partial charge in [0, 0.05) is 21.4 Å². The lowest BCUT2D eigenvalue weighted by atomic mass is 9.98. The third-order valence-electron chi connectivity index (χ3n) is 4.91. The van der Waals surface area contributed by atoms with Gasteiger partial charge in [-0.1, -0.05) is 36.4 Å². The molecule has 3 nitrogen and oxygen atoms in total. The molecule has 2 aromatic heterocycles. The molecule has 2 heterocycles. The van der Waals surface area contributed by atoms with Crippen LogP contribution in [0.3, 0.4) is 0 Å². The van der Waals surface area contributed by atoms with Crippen LogP contribution in [0.4, 0.5) is 0 Å². The first kappa shape index (κ1) is 17.1. The summed E-state index contributed by atoms with van der Waals surface area (Å²) in [7, 11) is 0. The molecule has 0 aliphatic heterocycles. The number of pyridine rings is 1. The predicted octanol–water partition coefficient (Wildman–Crippen LogP) is 5.13. The van der Waals surface area contributed by atoms with Crippen molar-refractivity contribution in [1.29, 1.82) is 0 Å². The minimum absolute atomic E-state index is 0.0628. The number of fused-ring (bicyclic) bond motifs is 1. The second-order valence-electron chi connectivity index (χ2n) is 6.60. The first-order valence-corrected chi connectivity index (χ1v) is 9.66. The Bertz CT molecular complexity index is 1160. The van der Waals surface area contributed by atoms with E-state index >= 15 is 0 Å². The zero-order valence-electron chi connectivity index (χ0n) is 14.7. The van der Waals surface area contributed by atoms with Crippen molar-refractivity contribution in [1.82, 2.24) is 9.55 Å². The summed E-state index contributed by atoms with van der Waals surface area (Å²) in [4.78, 5) is 15.3. The van der Waals surface area contributed by atoms with Crippen molar-refractivity contribution in [2.24, 2.45) is 0 Å². The molecule has 0 fully saturated rings. The number of benzene rings is 2. The molecule has 0 unspecified atom stereocenters. The van der Waals surface area contributed by atoms with Crippen LogP contribution in [0, 0.1) is 17.4 Å². The van der Waals surface area contributed by atoms with Crippen molar-refractivity contribution in [2.75, 3.05) is 0 Å². The van der Waals surface area contributed by atoms with Gasteiger partial charge in [0.1, 0.15) is 5.52 Å². The van der Waals surface area contributed by atoms with Crippen LogP contribution < -0.4 is 5.56 Å². The first-order valence-electron chi connectivity index (χ1n) is 8.58. The van der Waals surface area contributed by atoms with Gasteiger partial charge in [-0.3, -0.25) is 4.79 Å². The number of nitrogens with one attached hydrogen (secondary N) is 1. The van der Waals surface area contributed by atoms with Gasteiger partial charge in [-0.2, -0.15) is 0 Å². The Labute approximate surface area is 165 Å². The zero-order valence-corrected chi connectivity index (χ0v) is 16.9. The van der Waals surface area contributed by atoms with E-state index in [-0.39, 0.29) is 5.56 Å². The number of rotatable bonds is 3. The first-order chi connectivity index (χ1) is 12.6. The smallest absolute Gasteiger partial charge is 0.272 e. The summed E-state index contributed by atoms with van der Waals surface area (Å²) >= 11 is 2.41. The molecule has 0 radical (unpaired) electrons. The molecule has 0 saturated heterocycles. The maximum Gasteiger partial charge on any atom is 0.272 e. The monoisotopic (exact) mass is 454 g/mol. The molecule has 130 valence electrons. The second kappa shape index (κ2) is 6.76. The van der Waals surface area contributed by atoms with Gasteiger partial charge in [0.2, 0.25) is 0 Å². The fourth-order valence-electron chi connectivity index (χ4n) is 3.42. The van der Waals surface area contributed by atoms with Crippen LogP contribution in [-0.2, 0) is 6.42 Å². The Morgan fingerprint density at radius 2 is 1.85 bits per heavy atom. The highest BCUT2D eigenvalue weighted by atomic mass is 127. The molecule has 2 aromatic carbocycles. The number of H-pyrrole nitrogens is 1. The zero-order chi connectivity index (χ0) is 18.3. The van der Waals surface area contributed by atoms with Crippen LogP contribution >= 0.6 is 22.6 Å². The molecule has 0 amide bonds. The number of hydrogen-bond acceptors (Lipinski definition) is 1. The summed E-state index contributed by atoms with van der Waals surface area (Å²) < 4.78 is 3.23. The Hall–Kier alpha value is -2.34. The van der Waals surface area contributed by atoms with Gasteiger partial charge in [-0.15, -0.1) is 0 Å². The topological polar surface area (TPSA) is 37.8 Å². The molecule has 4 aromatic rings. The van der Waals surface area contributed by atoms with Crippen molar-refractivity contribution in [3.05, 3.63) is 97.1 Å². The van der Waals surface area contributed by atoms with Gasteiger partial charge in [-0.05, 0) is 77.2 Å². The van der Waals surface area contributed by atoms with E-state index in [9.17, 15) is 4.79 Å². The third-order valence-corrected chi connectivity index (χ3v) is 6.23. The standard InChI is InChI=1S/C22H19IN2O/c1-14-12-18(13-16-6-4-3-5-7-16)20(19(23)15(14)2)25-11-9-17-8-10-24-22(26)21(17)25/h3-12H,13H2,1-2H3,(H,24,26). The molecule has 0 bridgehead atoms. The molecule has 0 aliphatic carbocycles. The van der Waals surface area contributed by atoms with Gasteiger partial charge in [0.25, 0.3) is 5.56 Å². The van der Waals surface area contributed by atoms with Gasteiger partial charge in [0.05, 0.1) is 5.69 Å². The SMILES string of the molecule is Cc1cc(Cc2ccccc2)c(-n2ccc3cc[nH]c(=O)c32)c(I)c1C. The largest absolute Gasteiger partial charge is 0.327 e. The Morgan fingerprint density at radius 3 is 2.62 bits per heavy atom. The number of halogens is 1. The van der Waals surface area contributed by atoms with E-state index in [2.05, 4.69) is 71.8 Å². The van der Waals surface area contributed by atoms with E-state index in [4.69, 9.17) is 0 Å². The highest BCUT2D eigenvalue weighted by Gasteiger charge is 2.17. The minimum atomic E-state index is -0.0628.